The number of hydrogen-bond acceptors (Lipinski definition) is 7. The van der Waals surface area contributed by atoms with Crippen LogP contribution in [0.15, 0.2) is 53.9 Å². The van der Waals surface area contributed by atoms with Crippen LogP contribution in [-0.4, -0.2) is 57.4 Å². The summed E-state index contributed by atoms with van der Waals surface area (Å²) in [4.78, 5) is 19.8. The minimum absolute atomic E-state index is 0.00456. The van der Waals surface area contributed by atoms with Crippen LogP contribution < -0.4 is 4.74 Å². The van der Waals surface area contributed by atoms with Gasteiger partial charge in [-0.05, 0) is 120 Å². The topological polar surface area (TPSA) is 78.7 Å². The van der Waals surface area contributed by atoms with Crippen molar-refractivity contribution < 1.29 is 19.0 Å². The van der Waals surface area contributed by atoms with E-state index in [1.54, 1.807) is 10.9 Å². The van der Waals surface area contributed by atoms with Gasteiger partial charge in [-0.1, -0.05) is 24.3 Å². The van der Waals surface area contributed by atoms with E-state index in [2.05, 4.69) is 55.9 Å². The van der Waals surface area contributed by atoms with Crippen LogP contribution in [0.5, 0.6) is 5.88 Å². The van der Waals surface area contributed by atoms with Crippen molar-refractivity contribution in [2.45, 2.75) is 92.4 Å². The number of pyridine rings is 1. The Morgan fingerprint density at radius 1 is 1.13 bits per heavy atom. The van der Waals surface area contributed by atoms with E-state index in [1.165, 1.54) is 34.8 Å². The Kier molecular flexibility index (Phi) is 9.48. The molecule has 1 unspecified atom stereocenters. The predicted octanol–water partition coefficient (Wildman–Crippen LogP) is 7.41. The molecule has 1 atom stereocenters. The fourth-order valence-corrected chi connectivity index (χ4v) is 7.29. The van der Waals surface area contributed by atoms with Gasteiger partial charge in [0.2, 0.25) is 5.88 Å². The molecule has 1 saturated heterocycles. The molecule has 3 aromatic rings. The molecule has 0 radical (unpaired) electrons. The second kappa shape index (κ2) is 13.5. The van der Waals surface area contributed by atoms with Crippen LogP contribution >= 0.6 is 0 Å². The third kappa shape index (κ3) is 6.83. The SMILES string of the molecule is CCOc1c(C(C)=O)cnn1-c1cccc(C2=CCCC(C)=C2OCc2ccc3c(c2C)CCN(CC2CCOC(C)(C)C2)C3)n1. The van der Waals surface area contributed by atoms with Gasteiger partial charge in [0.1, 0.15) is 12.4 Å². The Bertz CT molecular complexity index is 1670. The smallest absolute Gasteiger partial charge is 0.229 e. The molecule has 4 heterocycles. The van der Waals surface area contributed by atoms with Gasteiger partial charge in [0.15, 0.2) is 11.6 Å². The van der Waals surface area contributed by atoms with Gasteiger partial charge in [0.05, 0.1) is 29.7 Å². The number of aromatic nitrogens is 3. The second-order valence-corrected chi connectivity index (χ2v) is 13.6. The molecule has 1 fully saturated rings. The molecule has 0 bridgehead atoms. The van der Waals surface area contributed by atoms with E-state index < -0.39 is 0 Å². The van der Waals surface area contributed by atoms with Gasteiger partial charge in [0.25, 0.3) is 0 Å². The van der Waals surface area contributed by atoms with Crippen LogP contribution in [0.2, 0.25) is 0 Å². The van der Waals surface area contributed by atoms with E-state index in [1.807, 2.05) is 25.1 Å². The summed E-state index contributed by atoms with van der Waals surface area (Å²) in [6, 6.07) is 10.4. The van der Waals surface area contributed by atoms with E-state index in [0.717, 1.165) is 75.4 Å². The van der Waals surface area contributed by atoms with Crippen molar-refractivity contribution in [3.63, 3.8) is 0 Å². The number of ether oxygens (including phenoxy) is 3. The number of carbonyl (C=O) groups is 1. The first kappa shape index (κ1) is 32.2. The van der Waals surface area contributed by atoms with E-state index in [9.17, 15) is 4.79 Å². The summed E-state index contributed by atoms with van der Waals surface area (Å²) < 4.78 is 20.0. The predicted molar refractivity (Wildman–Crippen MR) is 180 cm³/mol. The summed E-state index contributed by atoms with van der Waals surface area (Å²) in [7, 11) is 0. The van der Waals surface area contributed by atoms with Gasteiger partial charge in [-0.3, -0.25) is 9.69 Å². The van der Waals surface area contributed by atoms with Gasteiger partial charge in [-0.15, -0.1) is 0 Å². The Balaban J connectivity index is 1.17. The van der Waals surface area contributed by atoms with Crippen LogP contribution in [-0.2, 0) is 29.0 Å². The molecule has 1 aromatic carbocycles. The molecule has 46 heavy (non-hydrogen) atoms. The summed E-state index contributed by atoms with van der Waals surface area (Å²) >= 11 is 0. The van der Waals surface area contributed by atoms with Crippen LogP contribution in [0.25, 0.3) is 11.4 Å². The molecule has 2 aromatic heterocycles. The van der Waals surface area contributed by atoms with E-state index in [4.69, 9.17) is 19.2 Å². The first-order valence-electron chi connectivity index (χ1n) is 16.8. The van der Waals surface area contributed by atoms with Crippen LogP contribution in [0.3, 0.4) is 0 Å². The normalized spacial score (nSPS) is 19.9. The van der Waals surface area contributed by atoms with Crippen molar-refractivity contribution in [2.75, 3.05) is 26.3 Å². The molecule has 2 aliphatic heterocycles. The van der Waals surface area contributed by atoms with Crippen molar-refractivity contribution in [2.24, 2.45) is 5.92 Å². The molecular formula is C38H48N4O4. The van der Waals surface area contributed by atoms with Crippen molar-refractivity contribution in [1.29, 1.82) is 0 Å². The summed E-state index contributed by atoms with van der Waals surface area (Å²) in [5.74, 6) is 2.52. The maximum Gasteiger partial charge on any atom is 0.229 e. The quantitative estimate of drug-likeness (QED) is 0.217. The largest absolute Gasteiger partial charge is 0.488 e. The standard InChI is InChI=1S/C38H48N4O4/c1-7-44-37-33(27(4)43)21-39-42(37)35-13-9-12-34(40-35)32-11-8-10-25(2)36(32)45-24-30-15-14-29-23-41(18-16-31(29)26(30)3)22-28-17-19-46-38(5,6)20-28/h9,11-15,21,28H,7-8,10,16-20,22-24H2,1-6H3. The summed E-state index contributed by atoms with van der Waals surface area (Å²) in [5.41, 5.74) is 8.99. The molecule has 8 heteroatoms. The highest BCUT2D eigenvalue weighted by Gasteiger charge is 2.31. The molecule has 0 saturated carbocycles. The summed E-state index contributed by atoms with van der Waals surface area (Å²) in [6.07, 6.45) is 9.02. The zero-order valence-corrected chi connectivity index (χ0v) is 28.3. The minimum Gasteiger partial charge on any atom is -0.488 e. The van der Waals surface area contributed by atoms with Crippen molar-refractivity contribution in [3.05, 3.63) is 87.4 Å². The fraction of sp³-hybridized carbons (Fsp3) is 0.500. The fourth-order valence-electron chi connectivity index (χ4n) is 7.29. The zero-order valence-electron chi connectivity index (χ0n) is 28.3. The number of ketones is 1. The maximum absolute atomic E-state index is 12.2. The highest BCUT2D eigenvalue weighted by molar-refractivity contribution is 5.96. The Labute approximate surface area is 273 Å². The van der Waals surface area contributed by atoms with E-state index >= 15 is 0 Å². The number of fused-ring (bicyclic) bond motifs is 1. The number of carbonyl (C=O) groups excluding carboxylic acids is 1. The van der Waals surface area contributed by atoms with Gasteiger partial charge < -0.3 is 14.2 Å². The maximum atomic E-state index is 12.2. The van der Waals surface area contributed by atoms with Crippen molar-refractivity contribution >= 4 is 11.4 Å². The van der Waals surface area contributed by atoms with Gasteiger partial charge in [-0.25, -0.2) is 4.98 Å². The molecule has 244 valence electrons. The lowest BCUT2D eigenvalue weighted by atomic mass is 9.86. The monoisotopic (exact) mass is 624 g/mol. The average molecular weight is 625 g/mol. The highest BCUT2D eigenvalue weighted by atomic mass is 16.5. The van der Waals surface area contributed by atoms with Gasteiger partial charge >= 0.3 is 0 Å². The third-order valence-electron chi connectivity index (χ3n) is 9.68. The summed E-state index contributed by atoms with van der Waals surface area (Å²) in [6.45, 7) is 17.3. The third-order valence-corrected chi connectivity index (χ3v) is 9.68. The molecule has 0 spiro atoms. The molecule has 1 aliphatic carbocycles. The lowest BCUT2D eigenvalue weighted by Crippen LogP contribution is -2.41. The molecule has 0 N–H and O–H groups in total. The Morgan fingerprint density at radius 3 is 2.76 bits per heavy atom. The number of allylic oxidation sites excluding steroid dienone is 3. The lowest BCUT2D eigenvalue weighted by molar-refractivity contribution is -0.0773. The molecule has 0 amide bonds. The zero-order chi connectivity index (χ0) is 32.4. The Hall–Kier alpha value is -3.75. The molecule has 3 aliphatic rings. The van der Waals surface area contributed by atoms with Crippen LogP contribution in [0, 0.1) is 12.8 Å². The first-order valence-corrected chi connectivity index (χ1v) is 16.8. The second-order valence-electron chi connectivity index (χ2n) is 13.6. The number of Topliss-reactive ketones (excluding diaryl/α,β-unsaturated/α-hetero) is 1. The molecule has 8 nitrogen and oxygen atoms in total. The van der Waals surface area contributed by atoms with Gasteiger partial charge in [0, 0.05) is 31.8 Å². The molecular weight excluding hydrogens is 576 g/mol. The van der Waals surface area contributed by atoms with Crippen LogP contribution in [0.4, 0.5) is 0 Å². The van der Waals surface area contributed by atoms with E-state index in [0.29, 0.717) is 36.4 Å². The number of benzene rings is 1. The number of hydrogen-bond donors (Lipinski definition) is 0. The lowest BCUT2D eigenvalue weighted by Gasteiger charge is -2.39. The minimum atomic E-state index is -0.0935. The number of nitrogens with zero attached hydrogens (tertiary/aromatic N) is 4. The summed E-state index contributed by atoms with van der Waals surface area (Å²) in [5, 5.41) is 4.44. The highest BCUT2D eigenvalue weighted by Crippen LogP contribution is 2.35. The number of rotatable bonds is 10. The Morgan fingerprint density at radius 2 is 1.98 bits per heavy atom. The van der Waals surface area contributed by atoms with Crippen LogP contribution in [0.1, 0.15) is 98.6 Å². The van der Waals surface area contributed by atoms with E-state index in [-0.39, 0.29) is 11.4 Å². The van der Waals surface area contributed by atoms with Crippen molar-refractivity contribution in [1.82, 2.24) is 19.7 Å². The average Bonchev–Trinajstić information content (AvgIpc) is 3.45. The first-order chi connectivity index (χ1) is 22.1. The van der Waals surface area contributed by atoms with Crippen molar-refractivity contribution in [3.8, 4) is 11.7 Å². The molecule has 6 rings (SSSR count). The van der Waals surface area contributed by atoms with Gasteiger partial charge in [-0.2, -0.15) is 9.78 Å².